The summed E-state index contributed by atoms with van der Waals surface area (Å²) in [5, 5.41) is 0. The Bertz CT molecular complexity index is 415. The first-order valence-corrected chi connectivity index (χ1v) is 6.04. The average molecular weight is 281 g/mol. The molecule has 1 amide bonds. The normalized spacial score (nSPS) is 14.6. The van der Waals surface area contributed by atoms with E-state index < -0.39 is 0 Å². The van der Waals surface area contributed by atoms with Crippen molar-refractivity contribution in [1.82, 2.24) is 9.88 Å². The molecule has 1 aliphatic rings. The van der Waals surface area contributed by atoms with Crippen LogP contribution < -0.4 is 0 Å². The number of carbonyl (C=O) groups is 1. The molecule has 0 radical (unpaired) electrons. The Balaban J connectivity index is 2.18. The lowest BCUT2D eigenvalue weighted by atomic mass is 10.2. The van der Waals surface area contributed by atoms with Gasteiger partial charge in [-0.05, 0) is 34.8 Å². The van der Waals surface area contributed by atoms with Crippen LogP contribution in [0.5, 0.6) is 0 Å². The third-order valence-corrected chi connectivity index (χ3v) is 2.96. The zero-order chi connectivity index (χ0) is 11.5. The Hall–Kier alpha value is -1.16. The first kappa shape index (κ1) is 11.3. The van der Waals surface area contributed by atoms with Crippen molar-refractivity contribution in [2.75, 3.05) is 6.54 Å². The van der Waals surface area contributed by atoms with Crippen LogP contribution in [0.15, 0.2) is 35.6 Å². The molecule has 0 atom stereocenters. The zero-order valence-electron chi connectivity index (χ0n) is 8.90. The fourth-order valence-electron chi connectivity index (χ4n) is 1.62. The predicted octanol–water partition coefficient (Wildman–Crippen LogP) is 2.63. The maximum Gasteiger partial charge on any atom is 0.255 e. The monoisotopic (exact) mass is 280 g/mol. The highest BCUT2D eigenvalue weighted by atomic mass is 79.9. The molecule has 1 aromatic rings. The maximum atomic E-state index is 12.2. The Kier molecular flexibility index (Phi) is 3.39. The Labute approximate surface area is 103 Å². The number of hydrogen-bond donors (Lipinski definition) is 0. The van der Waals surface area contributed by atoms with Crippen LogP contribution in [0.3, 0.4) is 0 Å². The first-order valence-electron chi connectivity index (χ1n) is 5.25. The van der Waals surface area contributed by atoms with E-state index in [1.54, 1.807) is 24.5 Å². The van der Waals surface area contributed by atoms with Crippen LogP contribution in [-0.4, -0.2) is 28.4 Å². The smallest absolute Gasteiger partial charge is 0.255 e. The number of aromatic nitrogens is 1. The van der Waals surface area contributed by atoms with Crippen molar-refractivity contribution in [2.45, 2.75) is 18.9 Å². The van der Waals surface area contributed by atoms with Crippen LogP contribution in [0.2, 0.25) is 0 Å². The lowest BCUT2D eigenvalue weighted by Crippen LogP contribution is -2.33. The maximum absolute atomic E-state index is 12.2. The van der Waals surface area contributed by atoms with E-state index in [0.717, 1.165) is 17.3 Å². The number of nitrogens with zero attached hydrogens (tertiary/aromatic N) is 2. The van der Waals surface area contributed by atoms with Crippen molar-refractivity contribution in [3.63, 3.8) is 0 Å². The fraction of sp³-hybridized carbons (Fsp3) is 0.333. The minimum absolute atomic E-state index is 0.0381. The SMILES string of the molecule is C=CCN(C(=O)c1cncc(Br)c1)C1CC1. The van der Waals surface area contributed by atoms with Gasteiger partial charge in [-0.3, -0.25) is 9.78 Å². The van der Waals surface area contributed by atoms with Crippen LogP contribution in [-0.2, 0) is 0 Å². The molecule has 0 bridgehead atoms. The molecule has 1 heterocycles. The molecular weight excluding hydrogens is 268 g/mol. The molecule has 16 heavy (non-hydrogen) atoms. The second kappa shape index (κ2) is 4.78. The van der Waals surface area contributed by atoms with Gasteiger partial charge in [0, 0.05) is 29.5 Å². The largest absolute Gasteiger partial charge is 0.332 e. The summed E-state index contributed by atoms with van der Waals surface area (Å²) in [6.45, 7) is 4.29. The molecule has 0 spiro atoms. The summed E-state index contributed by atoms with van der Waals surface area (Å²) in [4.78, 5) is 18.1. The fourth-order valence-corrected chi connectivity index (χ4v) is 1.98. The highest BCUT2D eigenvalue weighted by Gasteiger charge is 2.32. The third kappa shape index (κ3) is 2.50. The Morgan fingerprint density at radius 3 is 2.94 bits per heavy atom. The van der Waals surface area contributed by atoms with Crippen molar-refractivity contribution in [2.24, 2.45) is 0 Å². The molecule has 0 N–H and O–H groups in total. The molecule has 2 rings (SSSR count). The highest BCUT2D eigenvalue weighted by Crippen LogP contribution is 2.28. The molecule has 4 heteroatoms. The summed E-state index contributed by atoms with van der Waals surface area (Å²) < 4.78 is 0.827. The lowest BCUT2D eigenvalue weighted by molar-refractivity contribution is 0.0762. The number of carbonyl (C=O) groups excluding carboxylic acids is 1. The molecule has 1 aromatic heterocycles. The molecule has 0 aliphatic heterocycles. The number of rotatable bonds is 4. The zero-order valence-corrected chi connectivity index (χ0v) is 10.5. The van der Waals surface area contributed by atoms with E-state index in [2.05, 4.69) is 27.5 Å². The summed E-state index contributed by atoms with van der Waals surface area (Å²) >= 11 is 3.32. The van der Waals surface area contributed by atoms with Gasteiger partial charge in [-0.1, -0.05) is 6.08 Å². The number of amides is 1. The van der Waals surface area contributed by atoms with Gasteiger partial charge in [0.2, 0.25) is 0 Å². The van der Waals surface area contributed by atoms with E-state index in [1.807, 2.05) is 4.90 Å². The molecular formula is C12H13BrN2O. The molecule has 0 unspecified atom stereocenters. The van der Waals surface area contributed by atoms with Crippen molar-refractivity contribution >= 4 is 21.8 Å². The predicted molar refractivity (Wildman–Crippen MR) is 66.2 cm³/mol. The van der Waals surface area contributed by atoms with Gasteiger partial charge in [-0.2, -0.15) is 0 Å². The van der Waals surface area contributed by atoms with Crippen LogP contribution in [0.4, 0.5) is 0 Å². The Morgan fingerprint density at radius 2 is 2.38 bits per heavy atom. The van der Waals surface area contributed by atoms with E-state index in [0.29, 0.717) is 18.2 Å². The van der Waals surface area contributed by atoms with E-state index in [4.69, 9.17) is 0 Å². The first-order chi connectivity index (χ1) is 7.72. The molecule has 1 aliphatic carbocycles. The third-order valence-electron chi connectivity index (χ3n) is 2.53. The number of hydrogen-bond acceptors (Lipinski definition) is 2. The minimum atomic E-state index is 0.0381. The van der Waals surface area contributed by atoms with Crippen LogP contribution in [0, 0.1) is 0 Å². The van der Waals surface area contributed by atoms with Gasteiger partial charge in [-0.15, -0.1) is 6.58 Å². The standard InChI is InChI=1S/C12H13BrN2O/c1-2-5-15(11-3-4-11)12(16)9-6-10(13)8-14-7-9/h2,6-8,11H,1,3-5H2. The van der Waals surface area contributed by atoms with Crippen molar-refractivity contribution in [3.8, 4) is 0 Å². The van der Waals surface area contributed by atoms with Crippen molar-refractivity contribution in [3.05, 3.63) is 41.2 Å². The molecule has 0 aromatic carbocycles. The van der Waals surface area contributed by atoms with Gasteiger partial charge in [0.1, 0.15) is 0 Å². The van der Waals surface area contributed by atoms with Gasteiger partial charge in [0.15, 0.2) is 0 Å². The molecule has 0 saturated heterocycles. The van der Waals surface area contributed by atoms with E-state index >= 15 is 0 Å². The molecule has 3 nitrogen and oxygen atoms in total. The van der Waals surface area contributed by atoms with Crippen molar-refractivity contribution in [1.29, 1.82) is 0 Å². The number of halogens is 1. The van der Waals surface area contributed by atoms with Gasteiger partial charge in [0.05, 0.1) is 5.56 Å². The molecule has 1 fully saturated rings. The topological polar surface area (TPSA) is 33.2 Å². The van der Waals surface area contributed by atoms with E-state index in [-0.39, 0.29) is 5.91 Å². The second-order valence-corrected chi connectivity index (χ2v) is 4.78. The summed E-state index contributed by atoms with van der Waals surface area (Å²) in [7, 11) is 0. The van der Waals surface area contributed by atoms with Gasteiger partial charge < -0.3 is 4.90 Å². The summed E-state index contributed by atoms with van der Waals surface area (Å²) in [5.74, 6) is 0.0381. The average Bonchev–Trinajstić information content (AvgIpc) is 3.09. The van der Waals surface area contributed by atoms with Crippen molar-refractivity contribution < 1.29 is 4.79 Å². The quantitative estimate of drug-likeness (QED) is 0.795. The highest BCUT2D eigenvalue weighted by molar-refractivity contribution is 9.10. The molecule has 84 valence electrons. The lowest BCUT2D eigenvalue weighted by Gasteiger charge is -2.20. The van der Waals surface area contributed by atoms with Gasteiger partial charge in [-0.25, -0.2) is 0 Å². The summed E-state index contributed by atoms with van der Waals surface area (Å²) in [5.41, 5.74) is 0.628. The second-order valence-electron chi connectivity index (χ2n) is 3.87. The minimum Gasteiger partial charge on any atom is -0.332 e. The van der Waals surface area contributed by atoms with Crippen LogP contribution in [0.25, 0.3) is 0 Å². The number of pyridine rings is 1. The summed E-state index contributed by atoms with van der Waals surface area (Å²) in [6.07, 6.45) is 7.24. The Morgan fingerprint density at radius 1 is 1.62 bits per heavy atom. The van der Waals surface area contributed by atoms with Gasteiger partial charge >= 0.3 is 0 Å². The van der Waals surface area contributed by atoms with Gasteiger partial charge in [0.25, 0.3) is 5.91 Å². The van der Waals surface area contributed by atoms with E-state index in [1.165, 1.54) is 0 Å². The van der Waals surface area contributed by atoms with Crippen LogP contribution >= 0.6 is 15.9 Å². The van der Waals surface area contributed by atoms with E-state index in [9.17, 15) is 4.79 Å². The summed E-state index contributed by atoms with van der Waals surface area (Å²) in [6, 6.07) is 2.19. The van der Waals surface area contributed by atoms with Crippen LogP contribution in [0.1, 0.15) is 23.2 Å². The molecule has 1 saturated carbocycles.